The van der Waals surface area contributed by atoms with E-state index in [1.54, 1.807) is 0 Å². The van der Waals surface area contributed by atoms with E-state index in [-0.39, 0.29) is 6.79 Å². The summed E-state index contributed by atoms with van der Waals surface area (Å²) in [7, 11) is 0. The SMILES string of the molecule is c1ccc(-c2nnc(CNCc3ccc4c(c3)OCO4)o2)cc1. The molecule has 0 saturated heterocycles. The number of nitrogens with one attached hydrogen (secondary N) is 1. The van der Waals surface area contributed by atoms with Gasteiger partial charge in [-0.05, 0) is 29.8 Å². The predicted octanol–water partition coefficient (Wildman–Crippen LogP) is 2.76. The quantitative estimate of drug-likeness (QED) is 0.781. The van der Waals surface area contributed by atoms with Crippen LogP contribution in [0.25, 0.3) is 11.5 Å². The molecule has 0 atom stereocenters. The average molecular weight is 309 g/mol. The number of aromatic nitrogens is 2. The summed E-state index contributed by atoms with van der Waals surface area (Å²) in [6.07, 6.45) is 0. The van der Waals surface area contributed by atoms with Gasteiger partial charge in [0, 0.05) is 12.1 Å². The van der Waals surface area contributed by atoms with Crippen molar-refractivity contribution < 1.29 is 13.9 Å². The first-order chi connectivity index (χ1) is 11.4. The molecular weight excluding hydrogens is 294 g/mol. The van der Waals surface area contributed by atoms with Gasteiger partial charge in [0.1, 0.15) is 0 Å². The van der Waals surface area contributed by atoms with Crippen LogP contribution >= 0.6 is 0 Å². The second kappa shape index (κ2) is 6.10. The molecule has 1 aliphatic heterocycles. The lowest BCUT2D eigenvalue weighted by molar-refractivity contribution is 0.174. The van der Waals surface area contributed by atoms with Crippen molar-refractivity contribution in [3.63, 3.8) is 0 Å². The maximum atomic E-state index is 5.65. The Balaban J connectivity index is 1.36. The molecule has 6 nitrogen and oxygen atoms in total. The fourth-order valence-electron chi connectivity index (χ4n) is 2.39. The van der Waals surface area contributed by atoms with Crippen LogP contribution in [0.2, 0.25) is 0 Å². The molecular formula is C17H15N3O3. The Labute approximate surface area is 133 Å². The molecule has 4 rings (SSSR count). The van der Waals surface area contributed by atoms with Gasteiger partial charge >= 0.3 is 0 Å². The van der Waals surface area contributed by atoms with Gasteiger partial charge in [0.2, 0.25) is 18.6 Å². The molecule has 0 aliphatic carbocycles. The number of hydrogen-bond acceptors (Lipinski definition) is 6. The van der Waals surface area contributed by atoms with Crippen LogP contribution in [-0.2, 0) is 13.1 Å². The molecule has 1 aliphatic rings. The Kier molecular flexibility index (Phi) is 3.65. The molecule has 1 N–H and O–H groups in total. The van der Waals surface area contributed by atoms with Gasteiger partial charge in [0.15, 0.2) is 11.5 Å². The third kappa shape index (κ3) is 3.02. The van der Waals surface area contributed by atoms with Crippen molar-refractivity contribution in [2.45, 2.75) is 13.1 Å². The van der Waals surface area contributed by atoms with Crippen molar-refractivity contribution in [2.24, 2.45) is 0 Å². The topological polar surface area (TPSA) is 69.4 Å². The molecule has 3 aromatic rings. The minimum absolute atomic E-state index is 0.288. The molecule has 0 amide bonds. The Morgan fingerprint density at radius 3 is 2.70 bits per heavy atom. The number of rotatable bonds is 5. The van der Waals surface area contributed by atoms with E-state index >= 15 is 0 Å². The summed E-state index contributed by atoms with van der Waals surface area (Å²) in [5.74, 6) is 2.67. The third-order valence-electron chi connectivity index (χ3n) is 3.53. The third-order valence-corrected chi connectivity index (χ3v) is 3.53. The zero-order valence-electron chi connectivity index (χ0n) is 12.4. The lowest BCUT2D eigenvalue weighted by Gasteiger charge is -2.03. The van der Waals surface area contributed by atoms with E-state index in [2.05, 4.69) is 15.5 Å². The average Bonchev–Trinajstić information content (AvgIpc) is 3.24. The molecule has 2 heterocycles. The maximum absolute atomic E-state index is 5.65. The van der Waals surface area contributed by atoms with Gasteiger partial charge in [-0.3, -0.25) is 0 Å². The minimum Gasteiger partial charge on any atom is -0.454 e. The van der Waals surface area contributed by atoms with Crippen LogP contribution in [0, 0.1) is 0 Å². The molecule has 1 aromatic heterocycles. The summed E-state index contributed by atoms with van der Waals surface area (Å²) < 4.78 is 16.3. The van der Waals surface area contributed by atoms with Crippen molar-refractivity contribution in [3.05, 3.63) is 60.0 Å². The second-order valence-corrected chi connectivity index (χ2v) is 5.16. The van der Waals surface area contributed by atoms with Crippen molar-refractivity contribution in [1.82, 2.24) is 15.5 Å². The Morgan fingerprint density at radius 1 is 0.913 bits per heavy atom. The van der Waals surface area contributed by atoms with E-state index in [9.17, 15) is 0 Å². The highest BCUT2D eigenvalue weighted by Crippen LogP contribution is 2.32. The van der Waals surface area contributed by atoms with Gasteiger partial charge < -0.3 is 19.2 Å². The number of benzene rings is 2. The molecule has 23 heavy (non-hydrogen) atoms. The molecule has 0 unspecified atom stereocenters. The van der Waals surface area contributed by atoms with Gasteiger partial charge in [0.25, 0.3) is 0 Å². The van der Waals surface area contributed by atoms with Crippen LogP contribution in [0.5, 0.6) is 11.5 Å². The van der Waals surface area contributed by atoms with Crippen molar-refractivity contribution >= 4 is 0 Å². The number of ether oxygens (including phenoxy) is 2. The Hall–Kier alpha value is -2.86. The van der Waals surface area contributed by atoms with Gasteiger partial charge in [-0.25, -0.2) is 0 Å². The monoisotopic (exact) mass is 309 g/mol. The van der Waals surface area contributed by atoms with E-state index in [0.29, 0.717) is 24.9 Å². The summed E-state index contributed by atoms with van der Waals surface area (Å²) in [5.41, 5.74) is 2.03. The molecule has 2 aromatic carbocycles. The summed E-state index contributed by atoms with van der Waals surface area (Å²) >= 11 is 0. The van der Waals surface area contributed by atoms with Crippen LogP contribution in [0.15, 0.2) is 52.9 Å². The zero-order chi connectivity index (χ0) is 15.5. The second-order valence-electron chi connectivity index (χ2n) is 5.16. The van der Waals surface area contributed by atoms with E-state index in [1.165, 1.54) is 0 Å². The van der Waals surface area contributed by atoms with Crippen LogP contribution in [0.4, 0.5) is 0 Å². The number of nitrogens with zero attached hydrogens (tertiary/aromatic N) is 2. The predicted molar refractivity (Wildman–Crippen MR) is 82.8 cm³/mol. The lowest BCUT2D eigenvalue weighted by atomic mass is 10.2. The molecule has 0 spiro atoms. The summed E-state index contributed by atoms with van der Waals surface area (Å²) in [4.78, 5) is 0. The lowest BCUT2D eigenvalue weighted by Crippen LogP contribution is -2.12. The van der Waals surface area contributed by atoms with Gasteiger partial charge in [-0.1, -0.05) is 24.3 Å². The molecule has 0 bridgehead atoms. The fourth-order valence-corrected chi connectivity index (χ4v) is 2.39. The first-order valence-corrected chi connectivity index (χ1v) is 7.35. The highest BCUT2D eigenvalue weighted by Gasteiger charge is 2.13. The molecule has 0 radical (unpaired) electrons. The summed E-state index contributed by atoms with van der Waals surface area (Å²) in [6.45, 7) is 1.48. The summed E-state index contributed by atoms with van der Waals surface area (Å²) in [6, 6.07) is 15.6. The van der Waals surface area contributed by atoms with E-state index in [1.807, 2.05) is 48.5 Å². The van der Waals surface area contributed by atoms with Gasteiger partial charge in [0.05, 0.1) is 6.54 Å². The molecule has 6 heteroatoms. The minimum atomic E-state index is 0.288. The van der Waals surface area contributed by atoms with E-state index in [0.717, 1.165) is 22.6 Å². The van der Waals surface area contributed by atoms with E-state index < -0.39 is 0 Å². The Morgan fingerprint density at radius 2 is 1.78 bits per heavy atom. The Bertz CT molecular complexity index is 802. The van der Waals surface area contributed by atoms with Crippen LogP contribution in [0.1, 0.15) is 11.5 Å². The highest BCUT2D eigenvalue weighted by atomic mass is 16.7. The highest BCUT2D eigenvalue weighted by molar-refractivity contribution is 5.51. The van der Waals surface area contributed by atoms with E-state index in [4.69, 9.17) is 13.9 Å². The fraction of sp³-hybridized carbons (Fsp3) is 0.176. The number of hydrogen-bond donors (Lipinski definition) is 1. The van der Waals surface area contributed by atoms with Gasteiger partial charge in [-0.15, -0.1) is 10.2 Å². The molecule has 116 valence electrons. The number of fused-ring (bicyclic) bond motifs is 1. The zero-order valence-corrected chi connectivity index (χ0v) is 12.4. The first kappa shape index (κ1) is 13.8. The first-order valence-electron chi connectivity index (χ1n) is 7.35. The van der Waals surface area contributed by atoms with Crippen molar-refractivity contribution in [1.29, 1.82) is 0 Å². The van der Waals surface area contributed by atoms with Crippen LogP contribution in [-0.4, -0.2) is 17.0 Å². The summed E-state index contributed by atoms with van der Waals surface area (Å²) in [5, 5.41) is 11.4. The standard InChI is InChI=1S/C17H15N3O3/c1-2-4-13(5-3-1)17-20-19-16(23-17)10-18-9-12-6-7-14-15(8-12)22-11-21-14/h1-8,18H,9-11H2. The largest absolute Gasteiger partial charge is 0.454 e. The van der Waals surface area contributed by atoms with Crippen LogP contribution < -0.4 is 14.8 Å². The molecule has 0 saturated carbocycles. The normalized spacial score (nSPS) is 12.5. The smallest absolute Gasteiger partial charge is 0.247 e. The maximum Gasteiger partial charge on any atom is 0.247 e. The van der Waals surface area contributed by atoms with Crippen molar-refractivity contribution in [3.8, 4) is 23.0 Å². The van der Waals surface area contributed by atoms with Gasteiger partial charge in [-0.2, -0.15) is 0 Å². The van der Waals surface area contributed by atoms with Crippen molar-refractivity contribution in [2.75, 3.05) is 6.79 Å². The van der Waals surface area contributed by atoms with Crippen LogP contribution in [0.3, 0.4) is 0 Å². The molecule has 0 fully saturated rings.